The highest BCUT2D eigenvalue weighted by Gasteiger charge is 2.13. The molecule has 28 heavy (non-hydrogen) atoms. The third kappa shape index (κ3) is 4.56. The molecule has 2 heterocycles. The van der Waals surface area contributed by atoms with E-state index in [2.05, 4.69) is 25.4 Å². The number of nitrogens with one attached hydrogen (secondary N) is 1. The third-order valence-electron chi connectivity index (χ3n) is 4.01. The SMILES string of the molecule is CC(Cn1cncn1)NC(=O)c1ccc(-c2cncc(C(=O)N(C)C)n2)cc1. The van der Waals surface area contributed by atoms with Gasteiger partial charge in [-0.15, -0.1) is 0 Å². The molecule has 0 aliphatic carbocycles. The highest BCUT2D eigenvalue weighted by molar-refractivity contribution is 5.95. The van der Waals surface area contributed by atoms with Crippen molar-refractivity contribution in [2.24, 2.45) is 0 Å². The predicted molar refractivity (Wildman–Crippen MR) is 102 cm³/mol. The summed E-state index contributed by atoms with van der Waals surface area (Å²) in [5.41, 5.74) is 2.14. The van der Waals surface area contributed by atoms with Crippen LogP contribution in [-0.2, 0) is 6.54 Å². The number of rotatable bonds is 6. The Balaban J connectivity index is 1.68. The lowest BCUT2D eigenvalue weighted by molar-refractivity contribution is 0.0821. The van der Waals surface area contributed by atoms with Crippen LogP contribution >= 0.6 is 0 Å². The van der Waals surface area contributed by atoms with Crippen molar-refractivity contribution in [2.45, 2.75) is 19.5 Å². The van der Waals surface area contributed by atoms with Crippen LogP contribution in [0.1, 0.15) is 27.8 Å². The summed E-state index contributed by atoms with van der Waals surface area (Å²) in [5.74, 6) is -0.395. The number of hydrogen-bond acceptors (Lipinski definition) is 6. The van der Waals surface area contributed by atoms with Gasteiger partial charge in [-0.25, -0.2) is 9.97 Å². The molecular weight excluding hydrogens is 358 g/mol. The molecule has 0 bridgehead atoms. The van der Waals surface area contributed by atoms with Crippen molar-refractivity contribution in [3.63, 3.8) is 0 Å². The molecule has 0 saturated carbocycles. The zero-order chi connectivity index (χ0) is 20.1. The number of benzene rings is 1. The van der Waals surface area contributed by atoms with E-state index in [1.807, 2.05) is 6.92 Å². The van der Waals surface area contributed by atoms with Crippen LogP contribution in [0.5, 0.6) is 0 Å². The molecule has 3 aromatic rings. The Bertz CT molecular complexity index is 953. The summed E-state index contributed by atoms with van der Waals surface area (Å²) >= 11 is 0. The molecule has 0 aliphatic heterocycles. The van der Waals surface area contributed by atoms with Gasteiger partial charge in [-0.3, -0.25) is 19.3 Å². The van der Waals surface area contributed by atoms with Crippen molar-refractivity contribution in [1.82, 2.24) is 34.9 Å². The van der Waals surface area contributed by atoms with Crippen LogP contribution in [0, 0.1) is 0 Å². The Labute approximate surface area is 162 Å². The van der Waals surface area contributed by atoms with E-state index in [0.29, 0.717) is 17.8 Å². The van der Waals surface area contributed by atoms with E-state index >= 15 is 0 Å². The second kappa shape index (κ2) is 8.38. The number of aromatic nitrogens is 5. The summed E-state index contributed by atoms with van der Waals surface area (Å²) < 4.78 is 1.66. The summed E-state index contributed by atoms with van der Waals surface area (Å²) in [6, 6.07) is 6.90. The van der Waals surface area contributed by atoms with Crippen LogP contribution in [-0.4, -0.2) is 61.6 Å². The van der Waals surface area contributed by atoms with Crippen LogP contribution in [0.2, 0.25) is 0 Å². The van der Waals surface area contributed by atoms with Crippen molar-refractivity contribution in [3.8, 4) is 11.3 Å². The van der Waals surface area contributed by atoms with E-state index in [4.69, 9.17) is 0 Å². The Morgan fingerprint density at radius 1 is 1.14 bits per heavy atom. The van der Waals surface area contributed by atoms with Gasteiger partial charge in [0.15, 0.2) is 0 Å². The number of hydrogen-bond donors (Lipinski definition) is 1. The molecule has 9 heteroatoms. The summed E-state index contributed by atoms with van der Waals surface area (Å²) in [5, 5.41) is 6.95. The molecular formula is C19H21N7O2. The van der Waals surface area contributed by atoms with E-state index in [-0.39, 0.29) is 23.6 Å². The molecule has 1 atom stereocenters. The monoisotopic (exact) mass is 379 g/mol. The van der Waals surface area contributed by atoms with Gasteiger partial charge in [0.25, 0.3) is 11.8 Å². The van der Waals surface area contributed by atoms with Crippen molar-refractivity contribution >= 4 is 11.8 Å². The molecule has 0 fully saturated rings. The van der Waals surface area contributed by atoms with Gasteiger partial charge in [0.1, 0.15) is 18.3 Å². The molecule has 0 saturated heterocycles. The summed E-state index contributed by atoms with van der Waals surface area (Å²) in [7, 11) is 3.32. The number of amides is 2. The van der Waals surface area contributed by atoms with E-state index in [9.17, 15) is 9.59 Å². The fourth-order valence-corrected chi connectivity index (χ4v) is 2.59. The van der Waals surface area contributed by atoms with Gasteiger partial charge in [0.2, 0.25) is 0 Å². The highest BCUT2D eigenvalue weighted by Crippen LogP contribution is 2.17. The minimum atomic E-state index is -0.216. The quantitative estimate of drug-likeness (QED) is 0.691. The van der Waals surface area contributed by atoms with Gasteiger partial charge in [-0.1, -0.05) is 12.1 Å². The van der Waals surface area contributed by atoms with Crippen molar-refractivity contribution in [1.29, 1.82) is 0 Å². The lowest BCUT2D eigenvalue weighted by Gasteiger charge is -2.14. The topological polar surface area (TPSA) is 106 Å². The fraction of sp³-hybridized carbons (Fsp3) is 0.263. The first-order valence-electron chi connectivity index (χ1n) is 8.71. The smallest absolute Gasteiger partial charge is 0.273 e. The number of nitrogens with zero attached hydrogens (tertiary/aromatic N) is 6. The molecule has 3 rings (SSSR count). The minimum Gasteiger partial charge on any atom is -0.348 e. The van der Waals surface area contributed by atoms with Crippen LogP contribution in [0.15, 0.2) is 49.3 Å². The second-order valence-corrected chi connectivity index (χ2v) is 6.56. The Kier molecular flexibility index (Phi) is 5.73. The van der Waals surface area contributed by atoms with Crippen LogP contribution in [0.4, 0.5) is 0 Å². The zero-order valence-corrected chi connectivity index (χ0v) is 15.9. The van der Waals surface area contributed by atoms with Gasteiger partial charge < -0.3 is 10.2 Å². The van der Waals surface area contributed by atoms with E-state index in [1.54, 1.807) is 55.6 Å². The van der Waals surface area contributed by atoms with Crippen LogP contribution in [0.25, 0.3) is 11.3 Å². The maximum absolute atomic E-state index is 12.4. The lowest BCUT2D eigenvalue weighted by Crippen LogP contribution is -2.35. The first-order chi connectivity index (χ1) is 13.4. The molecule has 1 aromatic carbocycles. The molecule has 144 valence electrons. The van der Waals surface area contributed by atoms with Crippen LogP contribution < -0.4 is 5.32 Å². The van der Waals surface area contributed by atoms with E-state index < -0.39 is 0 Å². The van der Waals surface area contributed by atoms with Gasteiger partial charge in [-0.2, -0.15) is 5.10 Å². The van der Waals surface area contributed by atoms with E-state index in [0.717, 1.165) is 5.56 Å². The zero-order valence-electron chi connectivity index (χ0n) is 15.9. The highest BCUT2D eigenvalue weighted by atomic mass is 16.2. The normalized spacial score (nSPS) is 11.7. The average Bonchev–Trinajstić information content (AvgIpc) is 3.20. The number of carbonyl (C=O) groups is 2. The van der Waals surface area contributed by atoms with Gasteiger partial charge in [0, 0.05) is 31.3 Å². The molecule has 0 radical (unpaired) electrons. The molecule has 0 aliphatic rings. The summed E-state index contributed by atoms with van der Waals surface area (Å²) in [4.78, 5) is 38.2. The predicted octanol–water partition coefficient (Wildman–Crippen LogP) is 1.26. The maximum Gasteiger partial charge on any atom is 0.273 e. The minimum absolute atomic E-state index is 0.103. The van der Waals surface area contributed by atoms with Crippen molar-refractivity contribution in [2.75, 3.05) is 14.1 Å². The molecule has 2 amide bonds. The molecule has 2 aromatic heterocycles. The summed E-state index contributed by atoms with van der Waals surface area (Å²) in [6.07, 6.45) is 6.08. The molecule has 0 spiro atoms. The third-order valence-corrected chi connectivity index (χ3v) is 4.01. The Morgan fingerprint density at radius 2 is 1.89 bits per heavy atom. The van der Waals surface area contributed by atoms with Crippen molar-refractivity contribution in [3.05, 3.63) is 60.6 Å². The maximum atomic E-state index is 12.4. The van der Waals surface area contributed by atoms with E-state index in [1.165, 1.54) is 17.4 Å². The van der Waals surface area contributed by atoms with Gasteiger partial charge >= 0.3 is 0 Å². The Hall–Kier alpha value is -3.62. The van der Waals surface area contributed by atoms with Crippen molar-refractivity contribution < 1.29 is 9.59 Å². The largest absolute Gasteiger partial charge is 0.348 e. The Morgan fingerprint density at radius 3 is 2.54 bits per heavy atom. The molecule has 1 unspecified atom stereocenters. The molecule has 1 N–H and O–H groups in total. The first-order valence-corrected chi connectivity index (χ1v) is 8.71. The molecule has 9 nitrogen and oxygen atoms in total. The standard InChI is InChI=1S/C19H21N7O2/c1-13(10-26-12-21-11-22-26)23-18(27)15-6-4-14(5-7-15)16-8-20-9-17(24-16)19(28)25(2)3/h4-9,11-13H,10H2,1-3H3,(H,23,27). The average molecular weight is 379 g/mol. The lowest BCUT2D eigenvalue weighted by atomic mass is 10.1. The number of carbonyl (C=O) groups excluding carboxylic acids is 2. The van der Waals surface area contributed by atoms with Gasteiger partial charge in [-0.05, 0) is 19.1 Å². The second-order valence-electron chi connectivity index (χ2n) is 6.56. The summed E-state index contributed by atoms with van der Waals surface area (Å²) in [6.45, 7) is 2.43. The fourth-order valence-electron chi connectivity index (χ4n) is 2.59. The van der Waals surface area contributed by atoms with Gasteiger partial charge in [0.05, 0.1) is 24.6 Å². The first kappa shape index (κ1) is 19.2. The van der Waals surface area contributed by atoms with Crippen LogP contribution in [0.3, 0.4) is 0 Å².